The molecular formula is C8H20O4Si. The standard InChI is InChI=1S/C8H20O4Si/c1-7(3-9)5-11-13-12-6-8(2)4-10/h7-10H,3-6,13H2,1-2H3. The first kappa shape index (κ1) is 13.1. The van der Waals surface area contributed by atoms with E-state index in [1.54, 1.807) is 0 Å². The van der Waals surface area contributed by atoms with Gasteiger partial charge >= 0.3 is 10.0 Å². The molecule has 0 rings (SSSR count). The van der Waals surface area contributed by atoms with Gasteiger partial charge < -0.3 is 19.1 Å². The molecule has 0 radical (unpaired) electrons. The highest BCUT2D eigenvalue weighted by atomic mass is 28.3. The average Bonchev–Trinajstić information content (AvgIpc) is 2.16. The molecular weight excluding hydrogens is 188 g/mol. The number of aliphatic hydroxyl groups excluding tert-OH is 2. The Bertz CT molecular complexity index is 100. The van der Waals surface area contributed by atoms with Crippen molar-refractivity contribution in [2.75, 3.05) is 26.4 Å². The first-order chi connectivity index (χ1) is 6.20. The van der Waals surface area contributed by atoms with Crippen molar-refractivity contribution in [3.8, 4) is 0 Å². The number of aliphatic hydroxyl groups is 2. The fourth-order valence-corrected chi connectivity index (χ4v) is 1.78. The second-order valence-electron chi connectivity index (χ2n) is 3.43. The quantitative estimate of drug-likeness (QED) is 0.408. The third kappa shape index (κ3) is 8.39. The van der Waals surface area contributed by atoms with Crippen LogP contribution in [0, 0.1) is 11.8 Å². The Morgan fingerprint density at radius 1 is 1.00 bits per heavy atom. The molecule has 4 nitrogen and oxygen atoms in total. The summed E-state index contributed by atoms with van der Waals surface area (Å²) in [7, 11) is -0.915. The highest BCUT2D eigenvalue weighted by molar-refractivity contribution is 6.17. The molecule has 2 unspecified atom stereocenters. The van der Waals surface area contributed by atoms with Gasteiger partial charge in [-0.05, 0) is 0 Å². The smallest absolute Gasteiger partial charge is 0.304 e. The van der Waals surface area contributed by atoms with E-state index in [1.165, 1.54) is 0 Å². The van der Waals surface area contributed by atoms with Crippen LogP contribution in [0.2, 0.25) is 0 Å². The Hall–Kier alpha value is 0.0569. The molecule has 0 aromatic rings. The summed E-state index contributed by atoms with van der Waals surface area (Å²) in [6, 6.07) is 0. The third-order valence-electron chi connectivity index (χ3n) is 1.59. The monoisotopic (exact) mass is 208 g/mol. The van der Waals surface area contributed by atoms with Crippen LogP contribution in [0.5, 0.6) is 0 Å². The van der Waals surface area contributed by atoms with E-state index in [4.69, 9.17) is 19.1 Å². The fourth-order valence-electron chi connectivity index (χ4n) is 0.663. The summed E-state index contributed by atoms with van der Waals surface area (Å²) in [5.74, 6) is 0.373. The van der Waals surface area contributed by atoms with E-state index >= 15 is 0 Å². The van der Waals surface area contributed by atoms with E-state index in [9.17, 15) is 0 Å². The Kier molecular flexibility index (Phi) is 8.68. The van der Waals surface area contributed by atoms with Gasteiger partial charge in [-0.25, -0.2) is 0 Å². The van der Waals surface area contributed by atoms with E-state index in [-0.39, 0.29) is 25.0 Å². The molecule has 0 aliphatic rings. The Labute approximate surface area is 81.9 Å². The lowest BCUT2D eigenvalue weighted by Gasteiger charge is -2.11. The lowest BCUT2D eigenvalue weighted by atomic mass is 10.2. The lowest BCUT2D eigenvalue weighted by Crippen LogP contribution is -2.17. The van der Waals surface area contributed by atoms with Gasteiger partial charge in [-0.1, -0.05) is 13.8 Å². The Balaban J connectivity index is 3.08. The first-order valence-electron chi connectivity index (χ1n) is 4.57. The van der Waals surface area contributed by atoms with Crippen molar-refractivity contribution in [3.05, 3.63) is 0 Å². The normalized spacial score (nSPS) is 16.6. The number of rotatable bonds is 8. The van der Waals surface area contributed by atoms with Gasteiger partial charge in [-0.3, -0.25) is 0 Å². The molecule has 2 N–H and O–H groups in total. The lowest BCUT2D eigenvalue weighted by molar-refractivity contribution is 0.129. The van der Waals surface area contributed by atoms with Gasteiger partial charge in [-0.2, -0.15) is 0 Å². The van der Waals surface area contributed by atoms with Crippen LogP contribution in [0.25, 0.3) is 0 Å². The van der Waals surface area contributed by atoms with Crippen molar-refractivity contribution in [2.24, 2.45) is 11.8 Å². The first-order valence-corrected chi connectivity index (χ1v) is 5.73. The summed E-state index contributed by atoms with van der Waals surface area (Å²) in [6.07, 6.45) is 0. The molecule has 0 spiro atoms. The Morgan fingerprint density at radius 3 is 1.69 bits per heavy atom. The van der Waals surface area contributed by atoms with Crippen LogP contribution < -0.4 is 0 Å². The highest BCUT2D eigenvalue weighted by Gasteiger charge is 2.01. The van der Waals surface area contributed by atoms with Gasteiger partial charge in [-0.15, -0.1) is 0 Å². The fraction of sp³-hybridized carbons (Fsp3) is 1.00. The van der Waals surface area contributed by atoms with Gasteiger partial charge in [0, 0.05) is 38.3 Å². The molecule has 0 aromatic heterocycles. The van der Waals surface area contributed by atoms with Crippen LogP contribution in [0.1, 0.15) is 13.8 Å². The third-order valence-corrected chi connectivity index (χ3v) is 2.40. The summed E-state index contributed by atoms with van der Waals surface area (Å²) in [5.41, 5.74) is 0. The topological polar surface area (TPSA) is 58.9 Å². The van der Waals surface area contributed by atoms with E-state index in [0.717, 1.165) is 0 Å². The second-order valence-corrected chi connectivity index (χ2v) is 4.49. The van der Waals surface area contributed by atoms with Gasteiger partial charge in [0.05, 0.1) is 0 Å². The molecule has 0 fully saturated rings. The summed E-state index contributed by atoms with van der Waals surface area (Å²) >= 11 is 0. The SMILES string of the molecule is CC(CO)CO[SiH2]OCC(C)CO. The van der Waals surface area contributed by atoms with Crippen molar-refractivity contribution in [3.63, 3.8) is 0 Å². The maximum Gasteiger partial charge on any atom is 0.304 e. The summed E-state index contributed by atoms with van der Waals surface area (Å²) in [5, 5.41) is 17.4. The van der Waals surface area contributed by atoms with Gasteiger partial charge in [0.25, 0.3) is 0 Å². The molecule has 0 saturated heterocycles. The van der Waals surface area contributed by atoms with Crippen LogP contribution in [0.4, 0.5) is 0 Å². The largest absolute Gasteiger partial charge is 0.398 e. The summed E-state index contributed by atoms with van der Waals surface area (Å²) in [4.78, 5) is 0. The van der Waals surface area contributed by atoms with E-state index in [1.807, 2.05) is 13.8 Å². The molecule has 0 aliphatic carbocycles. The minimum atomic E-state index is -0.915. The minimum Gasteiger partial charge on any atom is -0.398 e. The van der Waals surface area contributed by atoms with Crippen LogP contribution in [0.3, 0.4) is 0 Å². The molecule has 5 heteroatoms. The Morgan fingerprint density at radius 2 is 1.38 bits per heavy atom. The molecule has 0 saturated carbocycles. The molecule has 0 heterocycles. The molecule has 80 valence electrons. The molecule has 13 heavy (non-hydrogen) atoms. The average molecular weight is 208 g/mol. The predicted molar refractivity (Wildman–Crippen MR) is 52.9 cm³/mol. The zero-order valence-electron chi connectivity index (χ0n) is 8.40. The van der Waals surface area contributed by atoms with Crippen molar-refractivity contribution < 1.29 is 19.1 Å². The van der Waals surface area contributed by atoms with Crippen LogP contribution >= 0.6 is 0 Å². The zero-order valence-corrected chi connectivity index (χ0v) is 9.82. The van der Waals surface area contributed by atoms with Crippen LogP contribution in [-0.2, 0) is 8.85 Å². The van der Waals surface area contributed by atoms with Gasteiger partial charge in [0.15, 0.2) is 0 Å². The summed E-state index contributed by atoms with van der Waals surface area (Å²) < 4.78 is 10.5. The highest BCUT2D eigenvalue weighted by Crippen LogP contribution is 1.95. The molecule has 2 atom stereocenters. The maximum absolute atomic E-state index is 8.68. The second kappa shape index (κ2) is 8.65. The molecule has 0 amide bonds. The minimum absolute atomic E-state index is 0.154. The molecule has 0 aliphatic heterocycles. The van der Waals surface area contributed by atoms with Crippen molar-refractivity contribution in [1.29, 1.82) is 0 Å². The van der Waals surface area contributed by atoms with E-state index in [0.29, 0.717) is 13.2 Å². The van der Waals surface area contributed by atoms with Gasteiger partial charge in [0.1, 0.15) is 0 Å². The molecule has 0 bridgehead atoms. The van der Waals surface area contributed by atoms with Crippen molar-refractivity contribution in [1.82, 2.24) is 0 Å². The van der Waals surface area contributed by atoms with Crippen molar-refractivity contribution in [2.45, 2.75) is 13.8 Å². The van der Waals surface area contributed by atoms with Crippen molar-refractivity contribution >= 4 is 10.0 Å². The maximum atomic E-state index is 8.68. The van der Waals surface area contributed by atoms with Gasteiger partial charge in [0.2, 0.25) is 0 Å². The van der Waals surface area contributed by atoms with Crippen LogP contribution in [-0.4, -0.2) is 46.6 Å². The van der Waals surface area contributed by atoms with E-state index in [2.05, 4.69) is 0 Å². The molecule has 0 aromatic carbocycles. The summed E-state index contributed by atoms with van der Waals surface area (Å²) in [6.45, 7) is 5.28. The van der Waals surface area contributed by atoms with E-state index < -0.39 is 10.0 Å². The number of hydrogen-bond donors (Lipinski definition) is 2. The van der Waals surface area contributed by atoms with Crippen LogP contribution in [0.15, 0.2) is 0 Å². The predicted octanol–water partition coefficient (Wildman–Crippen LogP) is -0.725. The zero-order chi connectivity index (χ0) is 10.1. The number of hydrogen-bond acceptors (Lipinski definition) is 4.